The lowest BCUT2D eigenvalue weighted by molar-refractivity contribution is -0.134. The highest BCUT2D eigenvalue weighted by molar-refractivity contribution is 5.77. The molecule has 24 heavy (non-hydrogen) atoms. The molecule has 1 saturated heterocycles. The van der Waals surface area contributed by atoms with Gasteiger partial charge < -0.3 is 19.8 Å². The van der Waals surface area contributed by atoms with Gasteiger partial charge in [0.15, 0.2) is 0 Å². The van der Waals surface area contributed by atoms with Gasteiger partial charge in [-0.1, -0.05) is 12.1 Å². The number of rotatable bonds is 6. The number of hydrogen-bond donors (Lipinski definition) is 2. The lowest BCUT2D eigenvalue weighted by Gasteiger charge is -2.31. The average molecular weight is 336 g/mol. The second-order valence-corrected chi connectivity index (χ2v) is 6.64. The first-order valence-electron chi connectivity index (χ1n) is 8.38. The number of hydrogen-bond acceptors (Lipinski definition) is 5. The van der Waals surface area contributed by atoms with E-state index in [1.165, 1.54) is 0 Å². The summed E-state index contributed by atoms with van der Waals surface area (Å²) in [5.41, 5.74) is 0.360. The minimum atomic E-state index is -0.800. The Bertz CT molecular complexity index is 534. The number of methoxy groups -OCH3 is 1. The molecule has 0 bridgehead atoms. The van der Waals surface area contributed by atoms with Crippen LogP contribution in [0.4, 0.5) is 0 Å². The summed E-state index contributed by atoms with van der Waals surface area (Å²) in [6.45, 7) is 1.93. The fourth-order valence-electron chi connectivity index (χ4n) is 3.29. The molecule has 1 amide bonds. The van der Waals surface area contributed by atoms with Crippen molar-refractivity contribution in [3.05, 3.63) is 29.8 Å². The van der Waals surface area contributed by atoms with E-state index < -0.39 is 12.2 Å². The number of amides is 1. The van der Waals surface area contributed by atoms with Gasteiger partial charge in [-0.3, -0.25) is 9.69 Å². The van der Waals surface area contributed by atoms with E-state index in [2.05, 4.69) is 4.90 Å². The first-order chi connectivity index (χ1) is 11.5. The highest BCUT2D eigenvalue weighted by Gasteiger charge is 2.32. The molecular weight excluding hydrogens is 308 g/mol. The number of likely N-dealkylation sites (N-methyl/N-ethyl adjacent to an activating group) is 1. The SMILES string of the molecule is COc1ccc(CN(C)CC2(O)CCCN(C(=O)CO)CC2)cc1. The molecule has 1 aliphatic rings. The van der Waals surface area contributed by atoms with Crippen LogP contribution in [0.2, 0.25) is 0 Å². The number of aliphatic hydroxyl groups is 2. The van der Waals surface area contributed by atoms with Crippen molar-refractivity contribution in [2.24, 2.45) is 0 Å². The highest BCUT2D eigenvalue weighted by atomic mass is 16.5. The Balaban J connectivity index is 1.89. The molecule has 0 aliphatic carbocycles. The van der Waals surface area contributed by atoms with Gasteiger partial charge in [0.25, 0.3) is 0 Å². The molecule has 0 saturated carbocycles. The molecule has 1 aromatic carbocycles. The van der Waals surface area contributed by atoms with E-state index >= 15 is 0 Å². The van der Waals surface area contributed by atoms with Crippen molar-refractivity contribution >= 4 is 5.91 Å². The van der Waals surface area contributed by atoms with Gasteiger partial charge in [0, 0.05) is 26.2 Å². The normalized spacial score (nSPS) is 21.6. The second kappa shape index (κ2) is 8.46. The molecule has 2 N–H and O–H groups in total. The zero-order valence-electron chi connectivity index (χ0n) is 14.6. The van der Waals surface area contributed by atoms with Crippen molar-refractivity contribution in [3.63, 3.8) is 0 Å². The summed E-state index contributed by atoms with van der Waals surface area (Å²) in [6.07, 6.45) is 1.94. The average Bonchev–Trinajstić information content (AvgIpc) is 2.76. The first kappa shape index (κ1) is 18.7. The number of carbonyl (C=O) groups excluding carboxylic acids is 1. The summed E-state index contributed by atoms with van der Waals surface area (Å²) in [5.74, 6) is 0.572. The van der Waals surface area contributed by atoms with Crippen LogP contribution in [-0.2, 0) is 11.3 Å². The molecule has 0 aromatic heterocycles. The lowest BCUT2D eigenvalue weighted by Crippen LogP contribution is -2.42. The third-order valence-electron chi connectivity index (χ3n) is 4.58. The molecule has 6 heteroatoms. The van der Waals surface area contributed by atoms with Gasteiger partial charge in [-0.05, 0) is 44.0 Å². The van der Waals surface area contributed by atoms with Gasteiger partial charge in [0.2, 0.25) is 5.91 Å². The van der Waals surface area contributed by atoms with E-state index in [0.29, 0.717) is 32.5 Å². The molecular formula is C18H28N2O4. The summed E-state index contributed by atoms with van der Waals surface area (Å²) in [4.78, 5) is 15.4. The Labute approximate surface area is 143 Å². The maximum absolute atomic E-state index is 11.6. The van der Waals surface area contributed by atoms with Gasteiger partial charge in [-0.15, -0.1) is 0 Å². The van der Waals surface area contributed by atoms with Crippen molar-refractivity contribution in [2.75, 3.05) is 40.4 Å². The quantitative estimate of drug-likeness (QED) is 0.806. The highest BCUT2D eigenvalue weighted by Crippen LogP contribution is 2.24. The molecule has 0 spiro atoms. The van der Waals surface area contributed by atoms with E-state index in [4.69, 9.17) is 9.84 Å². The van der Waals surface area contributed by atoms with Crippen LogP contribution in [0.1, 0.15) is 24.8 Å². The van der Waals surface area contributed by atoms with Crippen LogP contribution in [0.3, 0.4) is 0 Å². The standard InChI is InChI=1S/C18H28N2O4/c1-19(12-15-4-6-16(24-2)7-5-15)14-18(23)8-3-10-20(11-9-18)17(22)13-21/h4-7,21,23H,3,8-14H2,1-2H3. The maximum atomic E-state index is 11.6. The smallest absolute Gasteiger partial charge is 0.248 e. The predicted octanol–water partition coefficient (Wildman–Crippen LogP) is 0.863. The lowest BCUT2D eigenvalue weighted by atomic mass is 9.94. The van der Waals surface area contributed by atoms with Crippen LogP contribution in [0.5, 0.6) is 5.75 Å². The monoisotopic (exact) mass is 336 g/mol. The first-order valence-corrected chi connectivity index (χ1v) is 8.38. The number of aliphatic hydroxyl groups excluding tert-OH is 1. The Morgan fingerprint density at radius 3 is 2.62 bits per heavy atom. The third kappa shape index (κ3) is 5.19. The van der Waals surface area contributed by atoms with E-state index in [1.54, 1.807) is 12.0 Å². The fourth-order valence-corrected chi connectivity index (χ4v) is 3.29. The van der Waals surface area contributed by atoms with Crippen molar-refractivity contribution < 1.29 is 19.7 Å². The number of carbonyl (C=O) groups is 1. The van der Waals surface area contributed by atoms with Gasteiger partial charge >= 0.3 is 0 Å². The van der Waals surface area contributed by atoms with Gasteiger partial charge in [0.1, 0.15) is 12.4 Å². The molecule has 1 aromatic rings. The molecule has 2 rings (SSSR count). The molecule has 1 unspecified atom stereocenters. The van der Waals surface area contributed by atoms with Gasteiger partial charge in [-0.25, -0.2) is 0 Å². The van der Waals surface area contributed by atoms with E-state index in [-0.39, 0.29) is 5.91 Å². The second-order valence-electron chi connectivity index (χ2n) is 6.64. The van der Waals surface area contributed by atoms with Crippen LogP contribution in [0, 0.1) is 0 Å². The topological polar surface area (TPSA) is 73.2 Å². The molecule has 1 atom stereocenters. The van der Waals surface area contributed by atoms with Gasteiger partial charge in [0.05, 0.1) is 12.7 Å². The summed E-state index contributed by atoms with van der Waals surface area (Å²) >= 11 is 0. The number of benzene rings is 1. The number of ether oxygens (including phenoxy) is 1. The summed E-state index contributed by atoms with van der Waals surface area (Å²) < 4.78 is 5.16. The van der Waals surface area contributed by atoms with Crippen LogP contribution in [0.15, 0.2) is 24.3 Å². The zero-order valence-corrected chi connectivity index (χ0v) is 14.6. The number of nitrogens with zero attached hydrogens (tertiary/aromatic N) is 2. The van der Waals surface area contributed by atoms with Crippen molar-refractivity contribution in [3.8, 4) is 5.75 Å². The van der Waals surface area contributed by atoms with Crippen LogP contribution < -0.4 is 4.74 Å². The molecule has 1 aliphatic heterocycles. The third-order valence-corrected chi connectivity index (χ3v) is 4.58. The van der Waals surface area contributed by atoms with Gasteiger partial charge in [-0.2, -0.15) is 0 Å². The van der Waals surface area contributed by atoms with E-state index in [1.807, 2.05) is 31.3 Å². The fraction of sp³-hybridized carbons (Fsp3) is 0.611. The van der Waals surface area contributed by atoms with Crippen LogP contribution >= 0.6 is 0 Å². The molecule has 1 fully saturated rings. The Morgan fingerprint density at radius 2 is 2.00 bits per heavy atom. The Hall–Kier alpha value is -1.63. The van der Waals surface area contributed by atoms with Crippen LogP contribution in [-0.4, -0.2) is 71.9 Å². The largest absolute Gasteiger partial charge is 0.497 e. The molecule has 1 heterocycles. The Kier molecular flexibility index (Phi) is 6.60. The van der Waals surface area contributed by atoms with Crippen molar-refractivity contribution in [2.45, 2.75) is 31.4 Å². The predicted molar refractivity (Wildman–Crippen MR) is 91.8 cm³/mol. The number of likely N-dealkylation sites (tertiary alicyclic amines) is 1. The van der Waals surface area contributed by atoms with E-state index in [9.17, 15) is 9.90 Å². The minimum Gasteiger partial charge on any atom is -0.497 e. The summed E-state index contributed by atoms with van der Waals surface area (Å²) in [6, 6.07) is 7.91. The Morgan fingerprint density at radius 1 is 1.29 bits per heavy atom. The molecule has 134 valence electrons. The zero-order chi connectivity index (χ0) is 17.6. The summed E-state index contributed by atoms with van der Waals surface area (Å²) in [7, 11) is 3.64. The van der Waals surface area contributed by atoms with Crippen molar-refractivity contribution in [1.29, 1.82) is 0 Å². The molecule has 0 radical (unpaired) electrons. The summed E-state index contributed by atoms with van der Waals surface area (Å²) in [5, 5.41) is 19.9. The van der Waals surface area contributed by atoms with Crippen LogP contribution in [0.25, 0.3) is 0 Å². The van der Waals surface area contributed by atoms with Crippen molar-refractivity contribution in [1.82, 2.24) is 9.80 Å². The van der Waals surface area contributed by atoms with E-state index in [0.717, 1.165) is 24.3 Å². The maximum Gasteiger partial charge on any atom is 0.248 e. The molecule has 6 nitrogen and oxygen atoms in total. The minimum absolute atomic E-state index is 0.258.